The predicted octanol–water partition coefficient (Wildman–Crippen LogP) is 1.08. The SMILES string of the molecule is Cc1ccc(/C=C/C(=O)N(CCN(C)C)CC(=O)O)o1. The van der Waals surface area contributed by atoms with Crippen molar-refractivity contribution in [2.45, 2.75) is 6.92 Å². The Hall–Kier alpha value is -2.08. The van der Waals surface area contributed by atoms with Gasteiger partial charge in [0, 0.05) is 19.2 Å². The van der Waals surface area contributed by atoms with Crippen LogP contribution in [0.1, 0.15) is 11.5 Å². The lowest BCUT2D eigenvalue weighted by molar-refractivity contribution is -0.142. The Morgan fingerprint density at radius 2 is 2.00 bits per heavy atom. The molecule has 6 heteroatoms. The maximum absolute atomic E-state index is 12.0. The Labute approximate surface area is 118 Å². The standard InChI is InChI=1S/C14H20N2O4/c1-11-4-5-12(20-11)6-7-13(17)16(10-14(18)19)9-8-15(2)3/h4-7H,8-10H2,1-3H3,(H,18,19)/b7-6+. The third kappa shape index (κ3) is 5.71. The Bertz CT molecular complexity index is 491. The van der Waals surface area contributed by atoms with Crippen LogP contribution in [0.4, 0.5) is 0 Å². The van der Waals surface area contributed by atoms with E-state index < -0.39 is 5.97 Å². The lowest BCUT2D eigenvalue weighted by Gasteiger charge is -2.21. The molecule has 1 heterocycles. The van der Waals surface area contributed by atoms with Gasteiger partial charge in [-0.2, -0.15) is 0 Å². The third-order valence-corrected chi connectivity index (χ3v) is 2.61. The summed E-state index contributed by atoms with van der Waals surface area (Å²) in [5.41, 5.74) is 0. The van der Waals surface area contributed by atoms with Gasteiger partial charge < -0.3 is 19.3 Å². The molecular formula is C14H20N2O4. The van der Waals surface area contributed by atoms with Crippen molar-refractivity contribution in [1.29, 1.82) is 0 Å². The molecule has 1 amide bonds. The summed E-state index contributed by atoms with van der Waals surface area (Å²) in [5, 5.41) is 8.84. The summed E-state index contributed by atoms with van der Waals surface area (Å²) in [5.74, 6) is -0.0477. The highest BCUT2D eigenvalue weighted by Crippen LogP contribution is 2.08. The van der Waals surface area contributed by atoms with E-state index in [-0.39, 0.29) is 12.5 Å². The number of likely N-dealkylation sites (N-methyl/N-ethyl adjacent to an activating group) is 1. The third-order valence-electron chi connectivity index (χ3n) is 2.61. The Kier molecular flexibility index (Phi) is 5.99. The predicted molar refractivity (Wildman–Crippen MR) is 75.2 cm³/mol. The molecule has 20 heavy (non-hydrogen) atoms. The minimum absolute atomic E-state index is 0.311. The molecule has 110 valence electrons. The van der Waals surface area contributed by atoms with E-state index in [0.717, 1.165) is 5.76 Å². The minimum atomic E-state index is -1.03. The van der Waals surface area contributed by atoms with Crippen LogP contribution in [-0.2, 0) is 9.59 Å². The molecular weight excluding hydrogens is 260 g/mol. The van der Waals surface area contributed by atoms with E-state index >= 15 is 0 Å². The lowest BCUT2D eigenvalue weighted by atomic mass is 10.3. The average molecular weight is 280 g/mol. The quantitative estimate of drug-likeness (QED) is 0.756. The zero-order valence-corrected chi connectivity index (χ0v) is 12.0. The molecule has 0 aliphatic carbocycles. The molecule has 0 bridgehead atoms. The van der Waals surface area contributed by atoms with E-state index in [1.54, 1.807) is 18.2 Å². The van der Waals surface area contributed by atoms with Crippen LogP contribution < -0.4 is 0 Å². The number of aryl methyl sites for hydroxylation is 1. The zero-order chi connectivity index (χ0) is 15.1. The van der Waals surface area contributed by atoms with Crippen molar-refractivity contribution < 1.29 is 19.1 Å². The summed E-state index contributed by atoms with van der Waals surface area (Å²) < 4.78 is 5.31. The molecule has 0 fully saturated rings. The van der Waals surface area contributed by atoms with Crippen LogP contribution in [0, 0.1) is 6.92 Å². The maximum Gasteiger partial charge on any atom is 0.323 e. The molecule has 1 N–H and O–H groups in total. The first-order valence-corrected chi connectivity index (χ1v) is 6.28. The van der Waals surface area contributed by atoms with Gasteiger partial charge in [0.15, 0.2) is 0 Å². The Morgan fingerprint density at radius 3 is 2.50 bits per heavy atom. The topological polar surface area (TPSA) is 74.0 Å². The molecule has 0 aliphatic heterocycles. The molecule has 0 saturated carbocycles. The number of aliphatic carboxylic acids is 1. The summed E-state index contributed by atoms with van der Waals surface area (Å²) in [4.78, 5) is 26.0. The number of carboxylic acids is 1. The second kappa shape index (κ2) is 7.49. The second-order valence-corrected chi connectivity index (χ2v) is 4.74. The number of nitrogens with zero attached hydrogens (tertiary/aromatic N) is 2. The normalized spacial score (nSPS) is 11.2. The van der Waals surface area contributed by atoms with Crippen molar-refractivity contribution in [3.63, 3.8) is 0 Å². The van der Waals surface area contributed by atoms with Crippen molar-refractivity contribution in [2.75, 3.05) is 33.7 Å². The smallest absolute Gasteiger partial charge is 0.323 e. The van der Waals surface area contributed by atoms with E-state index in [9.17, 15) is 9.59 Å². The van der Waals surface area contributed by atoms with Gasteiger partial charge >= 0.3 is 5.97 Å². The monoisotopic (exact) mass is 280 g/mol. The summed E-state index contributed by atoms with van der Waals surface area (Å²) in [6, 6.07) is 3.55. The van der Waals surface area contributed by atoms with Crippen molar-refractivity contribution in [1.82, 2.24) is 9.80 Å². The molecule has 1 aromatic rings. The first kappa shape index (κ1) is 16.0. The lowest BCUT2D eigenvalue weighted by Crippen LogP contribution is -2.39. The van der Waals surface area contributed by atoms with Gasteiger partial charge in [-0.05, 0) is 39.2 Å². The van der Waals surface area contributed by atoms with Gasteiger partial charge in [0.25, 0.3) is 0 Å². The van der Waals surface area contributed by atoms with Gasteiger partial charge in [0.1, 0.15) is 18.1 Å². The van der Waals surface area contributed by atoms with Crippen LogP contribution >= 0.6 is 0 Å². The summed E-state index contributed by atoms with van der Waals surface area (Å²) in [6.07, 6.45) is 2.87. The highest BCUT2D eigenvalue weighted by Gasteiger charge is 2.14. The molecule has 0 aromatic carbocycles. The van der Waals surface area contributed by atoms with Crippen LogP contribution in [0.3, 0.4) is 0 Å². The number of rotatable bonds is 7. The Balaban J connectivity index is 2.66. The van der Waals surface area contributed by atoms with Crippen LogP contribution in [0.2, 0.25) is 0 Å². The van der Waals surface area contributed by atoms with Gasteiger partial charge in [0.05, 0.1) is 0 Å². The molecule has 0 unspecified atom stereocenters. The fourth-order valence-electron chi connectivity index (χ4n) is 1.55. The summed E-state index contributed by atoms with van der Waals surface area (Å²) >= 11 is 0. The fraction of sp³-hybridized carbons (Fsp3) is 0.429. The molecule has 1 rings (SSSR count). The molecule has 6 nitrogen and oxygen atoms in total. The number of carboxylic acid groups (broad SMARTS) is 1. The molecule has 0 spiro atoms. The maximum atomic E-state index is 12.0. The van der Waals surface area contributed by atoms with Gasteiger partial charge in [-0.3, -0.25) is 9.59 Å². The summed E-state index contributed by atoms with van der Waals surface area (Å²) in [7, 11) is 3.73. The average Bonchev–Trinajstić information content (AvgIpc) is 2.76. The summed E-state index contributed by atoms with van der Waals surface area (Å²) in [6.45, 7) is 2.47. The number of carbonyl (C=O) groups excluding carboxylic acids is 1. The van der Waals surface area contributed by atoms with Crippen molar-refractivity contribution in [3.8, 4) is 0 Å². The first-order chi connectivity index (χ1) is 9.38. The van der Waals surface area contributed by atoms with Crippen LogP contribution in [0.25, 0.3) is 6.08 Å². The number of carbonyl (C=O) groups is 2. The molecule has 1 aromatic heterocycles. The minimum Gasteiger partial charge on any atom is -0.480 e. The van der Waals surface area contributed by atoms with Crippen molar-refractivity contribution >= 4 is 18.0 Å². The van der Waals surface area contributed by atoms with Crippen LogP contribution in [0.15, 0.2) is 22.6 Å². The highest BCUT2D eigenvalue weighted by molar-refractivity contribution is 5.93. The molecule has 0 atom stereocenters. The highest BCUT2D eigenvalue weighted by atomic mass is 16.4. The second-order valence-electron chi connectivity index (χ2n) is 4.74. The molecule has 0 radical (unpaired) electrons. The zero-order valence-electron chi connectivity index (χ0n) is 12.0. The van der Waals surface area contributed by atoms with E-state index in [4.69, 9.17) is 9.52 Å². The van der Waals surface area contributed by atoms with Crippen LogP contribution in [0.5, 0.6) is 0 Å². The fourth-order valence-corrected chi connectivity index (χ4v) is 1.55. The number of furan rings is 1. The number of hydrogen-bond donors (Lipinski definition) is 1. The van der Waals surface area contributed by atoms with Gasteiger partial charge in [-0.25, -0.2) is 0 Å². The Morgan fingerprint density at radius 1 is 1.30 bits per heavy atom. The van der Waals surface area contributed by atoms with Gasteiger partial charge in [-0.15, -0.1) is 0 Å². The van der Waals surface area contributed by atoms with E-state index in [1.165, 1.54) is 11.0 Å². The van der Waals surface area contributed by atoms with Crippen LogP contribution in [-0.4, -0.2) is 60.5 Å². The van der Waals surface area contributed by atoms with Crippen molar-refractivity contribution in [2.24, 2.45) is 0 Å². The van der Waals surface area contributed by atoms with E-state index in [0.29, 0.717) is 18.8 Å². The first-order valence-electron chi connectivity index (χ1n) is 6.28. The number of hydrogen-bond acceptors (Lipinski definition) is 4. The van der Waals surface area contributed by atoms with E-state index in [1.807, 2.05) is 25.9 Å². The molecule has 0 aliphatic rings. The van der Waals surface area contributed by atoms with E-state index in [2.05, 4.69) is 0 Å². The largest absolute Gasteiger partial charge is 0.480 e. The van der Waals surface area contributed by atoms with Gasteiger partial charge in [-0.1, -0.05) is 0 Å². The molecule has 0 saturated heterocycles. The van der Waals surface area contributed by atoms with Crippen molar-refractivity contribution in [3.05, 3.63) is 29.7 Å². The van der Waals surface area contributed by atoms with Gasteiger partial charge in [0.2, 0.25) is 5.91 Å². The number of amides is 1.